The molecule has 2 aromatic heterocycles. The summed E-state index contributed by atoms with van der Waals surface area (Å²) in [6.07, 6.45) is 6.02. The van der Waals surface area contributed by atoms with Crippen LogP contribution in [0.3, 0.4) is 0 Å². The lowest BCUT2D eigenvalue weighted by molar-refractivity contribution is 0.102. The van der Waals surface area contributed by atoms with Gasteiger partial charge >= 0.3 is 0 Å². The van der Waals surface area contributed by atoms with Crippen LogP contribution >= 0.6 is 0 Å². The summed E-state index contributed by atoms with van der Waals surface area (Å²) in [7, 11) is 0. The predicted octanol–water partition coefficient (Wildman–Crippen LogP) is 1.16. The van der Waals surface area contributed by atoms with Gasteiger partial charge in [0.1, 0.15) is 6.26 Å². The third-order valence-corrected chi connectivity index (χ3v) is 2.97. The fourth-order valence-corrected chi connectivity index (χ4v) is 1.91. The molecule has 7 heteroatoms. The average molecular weight is 274 g/mol. The third-order valence-electron chi connectivity index (χ3n) is 2.97. The highest BCUT2D eigenvalue weighted by molar-refractivity contribution is 6.03. The van der Waals surface area contributed by atoms with E-state index < -0.39 is 0 Å². The zero-order valence-electron chi connectivity index (χ0n) is 10.8. The Morgan fingerprint density at radius 3 is 2.65 bits per heavy atom. The molecule has 0 atom stereocenters. The van der Waals surface area contributed by atoms with Crippen LogP contribution in [0.1, 0.15) is 10.4 Å². The Hall–Kier alpha value is -2.41. The highest BCUT2D eigenvalue weighted by Gasteiger charge is 2.14. The Kier molecular flexibility index (Phi) is 3.60. The molecule has 7 nitrogen and oxygen atoms in total. The average Bonchev–Trinajstić information content (AvgIpc) is 3.03. The van der Waals surface area contributed by atoms with Crippen LogP contribution < -0.4 is 10.2 Å². The minimum absolute atomic E-state index is 0.249. The molecule has 0 aromatic carbocycles. The molecule has 3 rings (SSSR count). The normalized spacial score (nSPS) is 15.1. The van der Waals surface area contributed by atoms with Gasteiger partial charge in [0, 0.05) is 13.1 Å². The number of anilines is 2. The van der Waals surface area contributed by atoms with E-state index in [-0.39, 0.29) is 5.91 Å². The smallest absolute Gasteiger partial charge is 0.258 e. The van der Waals surface area contributed by atoms with Crippen molar-refractivity contribution in [3.63, 3.8) is 0 Å². The van der Waals surface area contributed by atoms with Crippen LogP contribution in [0.2, 0.25) is 0 Å². The summed E-state index contributed by atoms with van der Waals surface area (Å²) in [6, 6.07) is 1.60. The molecule has 0 saturated carbocycles. The van der Waals surface area contributed by atoms with Crippen molar-refractivity contribution < 1.29 is 13.9 Å². The summed E-state index contributed by atoms with van der Waals surface area (Å²) in [4.78, 5) is 22.4. The van der Waals surface area contributed by atoms with E-state index in [2.05, 4.69) is 15.3 Å². The molecule has 1 N–H and O–H groups in total. The van der Waals surface area contributed by atoms with E-state index in [1.54, 1.807) is 18.5 Å². The van der Waals surface area contributed by atoms with E-state index in [0.717, 1.165) is 13.1 Å². The minimum Gasteiger partial charge on any atom is -0.472 e. The Bertz CT molecular complexity index is 562. The number of hydrogen-bond acceptors (Lipinski definition) is 6. The summed E-state index contributed by atoms with van der Waals surface area (Å²) in [5.74, 6) is 0.399. The van der Waals surface area contributed by atoms with Gasteiger partial charge in [0.05, 0.1) is 43.1 Å². The molecule has 1 amide bonds. The van der Waals surface area contributed by atoms with Gasteiger partial charge in [-0.25, -0.2) is 9.97 Å². The lowest BCUT2D eigenvalue weighted by Crippen LogP contribution is -2.37. The molecule has 1 aliphatic rings. The molecule has 3 heterocycles. The van der Waals surface area contributed by atoms with E-state index >= 15 is 0 Å². The van der Waals surface area contributed by atoms with Crippen LogP contribution in [0.15, 0.2) is 35.4 Å². The van der Waals surface area contributed by atoms with Crippen LogP contribution in [-0.4, -0.2) is 42.2 Å². The molecule has 0 unspecified atom stereocenters. The number of aromatic nitrogens is 2. The van der Waals surface area contributed by atoms with E-state index in [0.29, 0.717) is 30.4 Å². The number of rotatable bonds is 3. The number of nitrogens with zero attached hydrogens (tertiary/aromatic N) is 3. The number of amides is 1. The van der Waals surface area contributed by atoms with Gasteiger partial charge in [0.15, 0.2) is 0 Å². The molecule has 0 radical (unpaired) electrons. The van der Waals surface area contributed by atoms with Gasteiger partial charge in [-0.05, 0) is 6.07 Å². The lowest BCUT2D eigenvalue weighted by Gasteiger charge is -2.26. The molecule has 0 bridgehead atoms. The lowest BCUT2D eigenvalue weighted by atomic mass is 10.3. The van der Waals surface area contributed by atoms with E-state index in [9.17, 15) is 4.79 Å². The molecule has 1 saturated heterocycles. The number of morpholine rings is 1. The Morgan fingerprint density at radius 2 is 2.00 bits per heavy atom. The van der Waals surface area contributed by atoms with Crippen LogP contribution in [0.4, 0.5) is 11.6 Å². The van der Waals surface area contributed by atoms with Gasteiger partial charge < -0.3 is 19.4 Å². The zero-order valence-corrected chi connectivity index (χ0v) is 10.8. The molecule has 0 aliphatic carbocycles. The predicted molar refractivity (Wildman–Crippen MR) is 71.7 cm³/mol. The number of nitrogens with one attached hydrogen (secondary N) is 1. The van der Waals surface area contributed by atoms with Crippen molar-refractivity contribution in [3.05, 3.63) is 36.5 Å². The maximum atomic E-state index is 11.8. The van der Waals surface area contributed by atoms with Gasteiger partial charge in [-0.3, -0.25) is 4.79 Å². The fourth-order valence-electron chi connectivity index (χ4n) is 1.91. The van der Waals surface area contributed by atoms with Gasteiger partial charge in [-0.2, -0.15) is 0 Å². The summed E-state index contributed by atoms with van der Waals surface area (Å²) < 4.78 is 10.1. The highest BCUT2D eigenvalue weighted by Crippen LogP contribution is 2.12. The fraction of sp³-hybridized carbons (Fsp3) is 0.308. The minimum atomic E-state index is -0.249. The molecule has 1 fully saturated rings. The van der Waals surface area contributed by atoms with Crippen molar-refractivity contribution in [2.24, 2.45) is 0 Å². The molecule has 104 valence electrons. The molecule has 0 spiro atoms. The van der Waals surface area contributed by atoms with Crippen LogP contribution in [-0.2, 0) is 4.74 Å². The highest BCUT2D eigenvalue weighted by atomic mass is 16.5. The van der Waals surface area contributed by atoms with Crippen molar-refractivity contribution in [2.45, 2.75) is 0 Å². The first-order valence-corrected chi connectivity index (χ1v) is 6.31. The number of carbonyl (C=O) groups excluding carboxylic acids is 1. The van der Waals surface area contributed by atoms with Crippen molar-refractivity contribution >= 4 is 17.5 Å². The molecule has 20 heavy (non-hydrogen) atoms. The molecular weight excluding hydrogens is 260 g/mol. The molecule has 2 aromatic rings. The van der Waals surface area contributed by atoms with E-state index in [1.807, 2.05) is 4.90 Å². The summed E-state index contributed by atoms with van der Waals surface area (Å²) in [5.41, 5.74) is 1.01. The topological polar surface area (TPSA) is 80.5 Å². The quantitative estimate of drug-likeness (QED) is 0.904. The van der Waals surface area contributed by atoms with Crippen molar-refractivity contribution in [1.82, 2.24) is 9.97 Å². The Labute approximate surface area is 115 Å². The summed E-state index contributed by atoms with van der Waals surface area (Å²) in [5, 5.41) is 2.71. The van der Waals surface area contributed by atoms with Crippen molar-refractivity contribution in [3.8, 4) is 0 Å². The maximum Gasteiger partial charge on any atom is 0.258 e. The van der Waals surface area contributed by atoms with Gasteiger partial charge in [0.2, 0.25) is 5.95 Å². The van der Waals surface area contributed by atoms with E-state index in [4.69, 9.17) is 9.15 Å². The molecule has 1 aliphatic heterocycles. The van der Waals surface area contributed by atoms with Crippen LogP contribution in [0.5, 0.6) is 0 Å². The second kappa shape index (κ2) is 5.70. The summed E-state index contributed by atoms with van der Waals surface area (Å²) >= 11 is 0. The maximum absolute atomic E-state index is 11.8. The SMILES string of the molecule is O=C(Nc1cnc(N2CCOCC2)nc1)c1ccoc1. The number of ether oxygens (including phenoxy) is 1. The van der Waals surface area contributed by atoms with Crippen LogP contribution in [0.25, 0.3) is 0 Å². The van der Waals surface area contributed by atoms with Crippen LogP contribution in [0, 0.1) is 0 Å². The number of furan rings is 1. The van der Waals surface area contributed by atoms with Crippen molar-refractivity contribution in [2.75, 3.05) is 36.5 Å². The third kappa shape index (κ3) is 2.77. The first kappa shape index (κ1) is 12.6. The monoisotopic (exact) mass is 274 g/mol. The molecular formula is C13H14N4O3. The Morgan fingerprint density at radius 1 is 1.25 bits per heavy atom. The standard InChI is InChI=1S/C13H14N4O3/c18-12(10-1-4-20-9-10)16-11-7-14-13(15-8-11)17-2-5-19-6-3-17/h1,4,7-9H,2-3,5-6H2,(H,16,18). The Balaban J connectivity index is 1.65. The number of carbonyl (C=O) groups is 1. The van der Waals surface area contributed by atoms with Gasteiger partial charge in [-0.15, -0.1) is 0 Å². The van der Waals surface area contributed by atoms with Gasteiger partial charge in [-0.1, -0.05) is 0 Å². The number of hydrogen-bond donors (Lipinski definition) is 1. The summed E-state index contributed by atoms with van der Waals surface area (Å²) in [6.45, 7) is 2.92. The largest absolute Gasteiger partial charge is 0.472 e. The van der Waals surface area contributed by atoms with Crippen molar-refractivity contribution in [1.29, 1.82) is 0 Å². The first-order valence-electron chi connectivity index (χ1n) is 6.31. The van der Waals surface area contributed by atoms with E-state index in [1.165, 1.54) is 12.5 Å². The second-order valence-corrected chi connectivity index (χ2v) is 4.34. The second-order valence-electron chi connectivity index (χ2n) is 4.34. The zero-order chi connectivity index (χ0) is 13.8. The van der Waals surface area contributed by atoms with Gasteiger partial charge in [0.25, 0.3) is 5.91 Å². The first-order chi connectivity index (χ1) is 9.83.